The van der Waals surface area contributed by atoms with Crippen LogP contribution >= 0.6 is 11.3 Å². The Hall–Kier alpha value is -1.70. The number of nitrogens with zero attached hydrogens (tertiary/aromatic N) is 2. The van der Waals surface area contributed by atoms with Gasteiger partial charge in [-0.15, -0.1) is 11.3 Å². The van der Waals surface area contributed by atoms with Crippen LogP contribution in [0, 0.1) is 16.8 Å². The van der Waals surface area contributed by atoms with E-state index in [2.05, 4.69) is 16.6 Å². The Labute approximate surface area is 92.3 Å². The van der Waals surface area contributed by atoms with Gasteiger partial charge >= 0.3 is 0 Å². The largest absolute Gasteiger partial charge is 0.400 e. The zero-order valence-electron chi connectivity index (χ0n) is 8.14. The number of nitriles is 1. The van der Waals surface area contributed by atoms with Crippen molar-refractivity contribution >= 4 is 11.3 Å². The summed E-state index contributed by atoms with van der Waals surface area (Å²) in [6.07, 6.45) is 1.77. The van der Waals surface area contributed by atoms with Crippen molar-refractivity contribution in [2.75, 3.05) is 7.11 Å². The fourth-order valence-electron chi connectivity index (χ4n) is 1.03. The smallest absolute Gasteiger partial charge is 0.152 e. The van der Waals surface area contributed by atoms with E-state index in [0.717, 1.165) is 17.6 Å². The van der Waals surface area contributed by atoms with Crippen molar-refractivity contribution in [3.05, 3.63) is 41.5 Å². The average molecular weight is 217 g/mol. The standard InChI is InChI=1S/C10H5N2S.CH4O/c11-5-8-1-3-9(4-2-8)10-6-12-7-13-10;1-2/h1-4,6H;2H,1H3. The van der Waals surface area contributed by atoms with E-state index in [1.54, 1.807) is 18.3 Å². The number of aliphatic hydroxyl groups is 1. The second kappa shape index (κ2) is 5.91. The van der Waals surface area contributed by atoms with Crippen LogP contribution in [0.3, 0.4) is 0 Å². The lowest BCUT2D eigenvalue weighted by atomic mass is 10.1. The van der Waals surface area contributed by atoms with Gasteiger partial charge in [-0.1, -0.05) is 12.1 Å². The van der Waals surface area contributed by atoms with Crippen LogP contribution in [0.4, 0.5) is 0 Å². The molecule has 0 aliphatic heterocycles. The van der Waals surface area contributed by atoms with Gasteiger partial charge in [0, 0.05) is 13.3 Å². The van der Waals surface area contributed by atoms with Crippen LogP contribution in [0.25, 0.3) is 10.4 Å². The molecule has 2 rings (SSSR count). The van der Waals surface area contributed by atoms with Crippen LogP contribution in [0.1, 0.15) is 5.56 Å². The molecule has 0 unspecified atom stereocenters. The molecule has 1 N–H and O–H groups in total. The second-order valence-electron chi connectivity index (χ2n) is 2.50. The summed E-state index contributed by atoms with van der Waals surface area (Å²) in [7, 11) is 1.00. The van der Waals surface area contributed by atoms with Gasteiger partial charge in [-0.05, 0) is 17.7 Å². The Bertz CT molecular complexity index is 429. The summed E-state index contributed by atoms with van der Waals surface area (Å²) in [6, 6.07) is 9.51. The molecular formula is C11H9N2OS. The van der Waals surface area contributed by atoms with Crippen molar-refractivity contribution in [1.29, 1.82) is 5.26 Å². The normalized spacial score (nSPS) is 8.60. The molecule has 0 saturated heterocycles. The third-order valence-corrected chi connectivity index (χ3v) is 2.45. The molecule has 0 spiro atoms. The van der Waals surface area contributed by atoms with E-state index in [4.69, 9.17) is 10.4 Å². The lowest BCUT2D eigenvalue weighted by Crippen LogP contribution is -1.74. The van der Waals surface area contributed by atoms with Crippen molar-refractivity contribution < 1.29 is 5.11 Å². The van der Waals surface area contributed by atoms with Gasteiger partial charge in [0.25, 0.3) is 0 Å². The van der Waals surface area contributed by atoms with Gasteiger partial charge in [0.2, 0.25) is 0 Å². The Balaban J connectivity index is 0.000000531. The quantitative estimate of drug-likeness (QED) is 0.795. The molecule has 0 aliphatic rings. The third-order valence-electron chi connectivity index (χ3n) is 1.69. The highest BCUT2D eigenvalue weighted by Crippen LogP contribution is 2.22. The summed E-state index contributed by atoms with van der Waals surface area (Å²) in [6.45, 7) is 0. The van der Waals surface area contributed by atoms with E-state index < -0.39 is 0 Å². The van der Waals surface area contributed by atoms with E-state index in [1.165, 1.54) is 11.3 Å². The van der Waals surface area contributed by atoms with Crippen LogP contribution in [0.2, 0.25) is 0 Å². The lowest BCUT2D eigenvalue weighted by molar-refractivity contribution is 0.399. The molecule has 0 saturated carbocycles. The van der Waals surface area contributed by atoms with E-state index in [-0.39, 0.29) is 0 Å². The predicted octanol–water partition coefficient (Wildman–Crippen LogP) is 2.09. The first-order valence-corrected chi connectivity index (χ1v) is 4.99. The maximum Gasteiger partial charge on any atom is 0.152 e. The fourth-order valence-corrected chi connectivity index (χ4v) is 1.59. The number of aliphatic hydroxyl groups excluding tert-OH is 1. The zero-order chi connectivity index (χ0) is 11.1. The molecule has 1 heterocycles. The Morgan fingerprint density at radius 3 is 2.47 bits per heavy atom. The average Bonchev–Trinajstić information content (AvgIpc) is 2.85. The maximum atomic E-state index is 8.59. The Morgan fingerprint density at radius 2 is 2.00 bits per heavy atom. The summed E-state index contributed by atoms with van der Waals surface area (Å²) in [5, 5.41) is 15.6. The van der Waals surface area contributed by atoms with E-state index >= 15 is 0 Å². The second-order valence-corrected chi connectivity index (χ2v) is 3.33. The summed E-state index contributed by atoms with van der Waals surface area (Å²) in [4.78, 5) is 4.94. The van der Waals surface area contributed by atoms with Crippen molar-refractivity contribution in [2.45, 2.75) is 0 Å². The minimum atomic E-state index is 0.678. The summed E-state index contributed by atoms with van der Waals surface area (Å²) < 4.78 is 0. The SMILES string of the molecule is CO.N#Cc1ccc(-c2cn[c]s2)cc1. The van der Waals surface area contributed by atoms with Crippen LogP contribution < -0.4 is 0 Å². The number of rotatable bonds is 1. The molecule has 2 aromatic rings. The van der Waals surface area contributed by atoms with Crippen molar-refractivity contribution in [1.82, 2.24) is 4.98 Å². The van der Waals surface area contributed by atoms with Crippen molar-refractivity contribution in [2.24, 2.45) is 0 Å². The monoisotopic (exact) mass is 217 g/mol. The molecule has 1 radical (unpaired) electrons. The van der Waals surface area contributed by atoms with Crippen molar-refractivity contribution in [3.8, 4) is 16.5 Å². The lowest BCUT2D eigenvalue weighted by Gasteiger charge is -1.94. The van der Waals surface area contributed by atoms with Gasteiger partial charge in [0.05, 0.1) is 16.5 Å². The van der Waals surface area contributed by atoms with Gasteiger partial charge in [-0.3, -0.25) is 0 Å². The van der Waals surface area contributed by atoms with Gasteiger partial charge in [-0.25, -0.2) is 4.98 Å². The van der Waals surface area contributed by atoms with Gasteiger partial charge < -0.3 is 5.11 Å². The van der Waals surface area contributed by atoms with Crippen LogP contribution in [0.15, 0.2) is 30.5 Å². The molecular weight excluding hydrogens is 208 g/mol. The molecule has 1 aromatic heterocycles. The molecule has 4 heteroatoms. The van der Waals surface area contributed by atoms with Crippen molar-refractivity contribution in [3.63, 3.8) is 0 Å². The first-order chi connectivity index (χ1) is 7.40. The number of thiazole rings is 1. The van der Waals surface area contributed by atoms with Gasteiger partial charge in [0.15, 0.2) is 5.51 Å². The Morgan fingerprint density at radius 1 is 1.33 bits per heavy atom. The molecule has 0 amide bonds. The number of hydrogen-bond acceptors (Lipinski definition) is 4. The maximum absolute atomic E-state index is 8.59. The predicted molar refractivity (Wildman–Crippen MR) is 59.2 cm³/mol. The molecule has 1 aromatic carbocycles. The first kappa shape index (κ1) is 11.4. The van der Waals surface area contributed by atoms with E-state index in [1.807, 2.05) is 12.1 Å². The summed E-state index contributed by atoms with van der Waals surface area (Å²) >= 11 is 1.47. The van der Waals surface area contributed by atoms with Crippen LogP contribution in [0.5, 0.6) is 0 Å². The first-order valence-electron chi connectivity index (χ1n) is 4.17. The zero-order valence-corrected chi connectivity index (χ0v) is 8.95. The highest BCUT2D eigenvalue weighted by atomic mass is 32.1. The van der Waals surface area contributed by atoms with Crippen LogP contribution in [-0.4, -0.2) is 17.2 Å². The highest BCUT2D eigenvalue weighted by Gasteiger charge is 1.98. The molecule has 0 bridgehead atoms. The van der Waals surface area contributed by atoms with Crippen LogP contribution in [-0.2, 0) is 0 Å². The molecule has 75 valence electrons. The van der Waals surface area contributed by atoms with E-state index in [9.17, 15) is 0 Å². The molecule has 0 atom stereocenters. The topological polar surface area (TPSA) is 56.9 Å². The number of aromatic nitrogens is 1. The molecule has 0 fully saturated rings. The third kappa shape index (κ3) is 2.88. The Kier molecular flexibility index (Phi) is 4.48. The highest BCUT2D eigenvalue weighted by molar-refractivity contribution is 7.12. The summed E-state index contributed by atoms with van der Waals surface area (Å²) in [5.74, 6) is 0. The molecule has 15 heavy (non-hydrogen) atoms. The van der Waals surface area contributed by atoms with Gasteiger partial charge in [-0.2, -0.15) is 5.26 Å². The number of benzene rings is 1. The minimum absolute atomic E-state index is 0.678. The fraction of sp³-hybridized carbons (Fsp3) is 0.0909. The molecule has 0 aliphatic carbocycles. The minimum Gasteiger partial charge on any atom is -0.400 e. The number of hydrogen-bond donors (Lipinski definition) is 1. The summed E-state index contributed by atoms with van der Waals surface area (Å²) in [5.41, 5.74) is 4.54. The van der Waals surface area contributed by atoms with E-state index in [0.29, 0.717) is 5.56 Å². The molecule has 3 nitrogen and oxygen atoms in total. The van der Waals surface area contributed by atoms with Gasteiger partial charge in [0.1, 0.15) is 0 Å².